The Hall–Kier alpha value is 5.10. The van der Waals surface area contributed by atoms with Crippen LogP contribution in [0.2, 0.25) is 0 Å². The minimum absolute atomic E-state index is 0. The Labute approximate surface area is 160 Å². The van der Waals surface area contributed by atoms with Gasteiger partial charge >= 0.3 is 0 Å². The van der Waals surface area contributed by atoms with Crippen LogP contribution >= 0.6 is 0 Å². The molecule has 0 amide bonds. The zero-order valence-electron chi connectivity index (χ0n) is 4.05. The molecule has 65 valence electrons. The minimum Gasteiger partial charge on any atom is 0 e. The van der Waals surface area contributed by atoms with Crippen LogP contribution in [0.15, 0.2) is 0 Å². The standard InChI is InChI=1S/2Co.3Cu.Fe.Mg.2Zn. The normalized spacial score (nSPS) is 0. The summed E-state index contributed by atoms with van der Waals surface area (Å²) >= 11 is 0. The van der Waals surface area contributed by atoms with E-state index >= 15 is 0 Å². The van der Waals surface area contributed by atoms with E-state index in [2.05, 4.69) is 0 Å². The Morgan fingerprint density at radius 3 is 0.556 bits per heavy atom. The summed E-state index contributed by atoms with van der Waals surface area (Å²) < 4.78 is 0. The molecule has 0 aliphatic carbocycles. The van der Waals surface area contributed by atoms with Crippen LogP contribution in [-0.4, -0.2) is 23.1 Å². The summed E-state index contributed by atoms with van der Waals surface area (Å²) in [5, 5.41) is 0. The van der Waals surface area contributed by atoms with Crippen molar-refractivity contribution < 1.29 is 141 Å². The molecule has 9 heteroatoms. The van der Waals surface area contributed by atoms with E-state index in [0.29, 0.717) is 0 Å². The quantitative estimate of drug-likeness (QED) is 0.383. The monoisotopic (exact) mass is 514 g/mol. The smallest absolute Gasteiger partial charge is 0 e. The minimum atomic E-state index is 0. The topological polar surface area (TPSA) is 0 Å². The van der Waals surface area contributed by atoms with E-state index in [-0.39, 0.29) is 164 Å². The van der Waals surface area contributed by atoms with Gasteiger partial charge in [-0.2, -0.15) is 0 Å². The van der Waals surface area contributed by atoms with E-state index in [4.69, 9.17) is 0 Å². The van der Waals surface area contributed by atoms with Gasteiger partial charge in [-0.05, 0) is 0 Å². The summed E-state index contributed by atoms with van der Waals surface area (Å²) in [4.78, 5) is 0. The first kappa shape index (κ1) is 93.0. The van der Waals surface area contributed by atoms with Crippen LogP contribution in [0, 0.1) is 0 Å². The fourth-order valence-electron chi connectivity index (χ4n) is 0. The van der Waals surface area contributed by atoms with Gasteiger partial charge in [-0.15, -0.1) is 0 Å². The van der Waals surface area contributed by atoms with Gasteiger partial charge < -0.3 is 0 Å². The molecule has 0 aromatic rings. The molecule has 0 aliphatic rings. The van der Waals surface area contributed by atoms with Crippen LogP contribution in [0.4, 0.5) is 0 Å². The van der Waals surface area contributed by atoms with Gasteiger partial charge in [-0.25, -0.2) is 0 Å². The maximum Gasteiger partial charge on any atom is 0 e. The van der Waals surface area contributed by atoms with E-state index < -0.39 is 0 Å². The third kappa shape index (κ3) is 62.0. The largest absolute Gasteiger partial charge is 0 e. The van der Waals surface area contributed by atoms with Crippen molar-refractivity contribution in [3.05, 3.63) is 0 Å². The fraction of sp³-hybridized carbons (Fsp3) is 0. The zero-order valence-corrected chi connectivity index (χ0v) is 17.4. The van der Waals surface area contributed by atoms with Gasteiger partial charge in [-0.1, -0.05) is 0 Å². The van der Waals surface area contributed by atoms with E-state index in [1.165, 1.54) is 0 Å². The first-order valence-electron chi connectivity index (χ1n) is 0. The molecule has 0 saturated heterocycles. The van der Waals surface area contributed by atoms with E-state index in [1.54, 1.807) is 0 Å². The summed E-state index contributed by atoms with van der Waals surface area (Å²) in [7, 11) is 0. The molecule has 0 aromatic carbocycles. The number of hydrogen-bond acceptors (Lipinski definition) is 0. The molecular formula is Co2Cu3FeMgZn2. The third-order valence-electron chi connectivity index (χ3n) is 0. The van der Waals surface area contributed by atoms with Gasteiger partial charge in [0, 0.05) is 164 Å². The van der Waals surface area contributed by atoms with Crippen molar-refractivity contribution in [1.82, 2.24) is 0 Å². The van der Waals surface area contributed by atoms with E-state index in [0.717, 1.165) is 0 Å². The van der Waals surface area contributed by atoms with Crippen LogP contribution in [-0.2, 0) is 141 Å². The van der Waals surface area contributed by atoms with Crippen molar-refractivity contribution >= 4 is 23.1 Å². The molecule has 9 heavy (non-hydrogen) atoms. The predicted octanol–water partition coefficient (Wildman–Crippen LogP) is -0.401. The molecule has 7 radical (unpaired) electrons. The number of rotatable bonds is 0. The summed E-state index contributed by atoms with van der Waals surface area (Å²) in [5.41, 5.74) is 0. The van der Waals surface area contributed by atoms with Crippen LogP contribution in [0.5, 0.6) is 0 Å². The Kier molecular flexibility index (Phi) is 761. The second kappa shape index (κ2) is 73.7. The number of hydrogen-bond donors (Lipinski definition) is 0. The predicted molar refractivity (Wildman–Crippen MR) is 5.75 cm³/mol. The van der Waals surface area contributed by atoms with Gasteiger partial charge in [0.1, 0.15) is 0 Å². The second-order valence-corrected chi connectivity index (χ2v) is 0. The Morgan fingerprint density at radius 2 is 0.556 bits per heavy atom. The van der Waals surface area contributed by atoms with E-state index in [9.17, 15) is 0 Å². The van der Waals surface area contributed by atoms with Crippen LogP contribution < -0.4 is 0 Å². The molecule has 0 atom stereocenters. The van der Waals surface area contributed by atoms with Gasteiger partial charge in [0.15, 0.2) is 0 Å². The molecular weight excluding hydrogens is 519 g/mol. The second-order valence-electron chi connectivity index (χ2n) is 0. The van der Waals surface area contributed by atoms with Gasteiger partial charge in [-0.3, -0.25) is 0 Å². The maximum atomic E-state index is 0. The summed E-state index contributed by atoms with van der Waals surface area (Å²) in [6.07, 6.45) is 0. The van der Waals surface area contributed by atoms with Crippen molar-refractivity contribution in [3.8, 4) is 0 Å². The van der Waals surface area contributed by atoms with Gasteiger partial charge in [0.05, 0.1) is 0 Å². The molecule has 0 aromatic heterocycles. The first-order valence-corrected chi connectivity index (χ1v) is 0. The van der Waals surface area contributed by atoms with Crippen molar-refractivity contribution in [1.29, 1.82) is 0 Å². The van der Waals surface area contributed by atoms with Crippen LogP contribution in [0.1, 0.15) is 0 Å². The zero-order chi connectivity index (χ0) is 0. The summed E-state index contributed by atoms with van der Waals surface area (Å²) in [6, 6.07) is 0. The SMILES string of the molecule is [Co].[Co].[Cu].[Cu].[Cu].[Fe].[Mg].[Zn].[Zn]. The van der Waals surface area contributed by atoms with Gasteiger partial charge in [0.2, 0.25) is 0 Å². The van der Waals surface area contributed by atoms with Crippen molar-refractivity contribution in [2.24, 2.45) is 0 Å². The summed E-state index contributed by atoms with van der Waals surface area (Å²) in [6.45, 7) is 0. The molecule has 0 unspecified atom stereocenters. The molecule has 0 aliphatic heterocycles. The molecule has 0 N–H and O–H groups in total. The van der Waals surface area contributed by atoms with Crippen molar-refractivity contribution in [3.63, 3.8) is 0 Å². The molecule has 0 heterocycles. The Morgan fingerprint density at radius 1 is 0.556 bits per heavy atom. The molecule has 0 nitrogen and oxygen atoms in total. The first-order chi connectivity index (χ1) is 0. The molecule has 0 fully saturated rings. The summed E-state index contributed by atoms with van der Waals surface area (Å²) in [5.74, 6) is 0. The molecule has 0 spiro atoms. The van der Waals surface area contributed by atoms with Crippen LogP contribution in [0.25, 0.3) is 0 Å². The molecule has 0 saturated carbocycles. The van der Waals surface area contributed by atoms with Crippen molar-refractivity contribution in [2.45, 2.75) is 0 Å². The Balaban J connectivity index is 0. The average Bonchev–Trinajstić information content (AvgIpc) is 0. The third-order valence-corrected chi connectivity index (χ3v) is 0. The average molecular weight is 519 g/mol. The Bertz CT molecular complexity index is 19.8. The maximum absolute atomic E-state index is 0. The van der Waals surface area contributed by atoms with Crippen molar-refractivity contribution in [2.75, 3.05) is 0 Å². The van der Waals surface area contributed by atoms with Crippen LogP contribution in [0.3, 0.4) is 0 Å². The molecule has 0 rings (SSSR count). The van der Waals surface area contributed by atoms with E-state index in [1.807, 2.05) is 0 Å². The molecule has 0 bridgehead atoms. The van der Waals surface area contributed by atoms with Gasteiger partial charge in [0.25, 0.3) is 0 Å². The fourth-order valence-corrected chi connectivity index (χ4v) is 0.